The van der Waals surface area contributed by atoms with Crippen molar-refractivity contribution in [2.24, 2.45) is 11.7 Å². The third kappa shape index (κ3) is 3.59. The highest BCUT2D eigenvalue weighted by molar-refractivity contribution is 9.10. The molecule has 0 radical (unpaired) electrons. The number of amides is 1. The number of nitro groups is 1. The van der Waals surface area contributed by atoms with E-state index in [1.54, 1.807) is 0 Å². The van der Waals surface area contributed by atoms with Gasteiger partial charge in [0.15, 0.2) is 0 Å². The number of carbonyl (C=O) groups excluding carboxylic acids is 1. The molecule has 2 rings (SSSR count). The predicted molar refractivity (Wildman–Crippen MR) is 84.0 cm³/mol. The molecular weight excluding hydrogens is 338 g/mol. The van der Waals surface area contributed by atoms with Gasteiger partial charge in [0.1, 0.15) is 0 Å². The van der Waals surface area contributed by atoms with Gasteiger partial charge in [-0.15, -0.1) is 0 Å². The molecular formula is C14H18BrN3O3. The Labute approximate surface area is 131 Å². The van der Waals surface area contributed by atoms with Crippen LogP contribution in [0, 0.1) is 16.0 Å². The normalized spacial score (nSPS) is 25.4. The van der Waals surface area contributed by atoms with Gasteiger partial charge < -0.3 is 11.1 Å². The van der Waals surface area contributed by atoms with Crippen LogP contribution in [0.25, 0.3) is 0 Å². The van der Waals surface area contributed by atoms with Gasteiger partial charge in [-0.3, -0.25) is 14.9 Å². The van der Waals surface area contributed by atoms with Crippen molar-refractivity contribution in [2.45, 2.75) is 38.1 Å². The maximum absolute atomic E-state index is 12.4. The van der Waals surface area contributed by atoms with E-state index in [4.69, 9.17) is 5.73 Å². The Balaban J connectivity index is 2.14. The maximum Gasteiger partial charge on any atom is 0.270 e. The number of halogens is 1. The topological polar surface area (TPSA) is 98.3 Å². The van der Waals surface area contributed by atoms with Crippen LogP contribution < -0.4 is 11.1 Å². The summed E-state index contributed by atoms with van der Waals surface area (Å²) in [5.74, 6) is 0.193. The van der Waals surface area contributed by atoms with Crippen LogP contribution in [0.3, 0.4) is 0 Å². The summed E-state index contributed by atoms with van der Waals surface area (Å²) >= 11 is 3.24. The molecule has 1 aliphatic carbocycles. The number of carbonyl (C=O) groups is 1. The molecule has 0 aromatic heterocycles. The summed E-state index contributed by atoms with van der Waals surface area (Å²) in [6, 6.07) is 4.23. The van der Waals surface area contributed by atoms with E-state index in [9.17, 15) is 14.9 Å². The van der Waals surface area contributed by atoms with Crippen molar-refractivity contribution < 1.29 is 9.72 Å². The Hall–Kier alpha value is -1.47. The Morgan fingerprint density at radius 2 is 2.29 bits per heavy atom. The molecule has 7 heteroatoms. The monoisotopic (exact) mass is 355 g/mol. The van der Waals surface area contributed by atoms with Crippen molar-refractivity contribution in [3.8, 4) is 0 Å². The van der Waals surface area contributed by atoms with Gasteiger partial charge in [-0.1, -0.05) is 19.8 Å². The highest BCUT2D eigenvalue weighted by Gasteiger charge is 2.38. The molecule has 1 aromatic carbocycles. The van der Waals surface area contributed by atoms with Crippen molar-refractivity contribution in [1.29, 1.82) is 0 Å². The van der Waals surface area contributed by atoms with Crippen LogP contribution >= 0.6 is 15.9 Å². The average molecular weight is 356 g/mol. The van der Waals surface area contributed by atoms with Crippen LogP contribution in [0.1, 0.15) is 32.6 Å². The van der Waals surface area contributed by atoms with Crippen molar-refractivity contribution >= 4 is 33.2 Å². The van der Waals surface area contributed by atoms with E-state index in [2.05, 4.69) is 28.2 Å². The Morgan fingerprint density at radius 3 is 2.86 bits per heavy atom. The Morgan fingerprint density at radius 1 is 1.57 bits per heavy atom. The quantitative estimate of drug-likeness (QED) is 0.642. The first-order chi connectivity index (χ1) is 9.82. The minimum atomic E-state index is -0.862. The fourth-order valence-electron chi connectivity index (χ4n) is 2.76. The summed E-state index contributed by atoms with van der Waals surface area (Å²) in [6.07, 6.45) is 3.34. The summed E-state index contributed by atoms with van der Waals surface area (Å²) in [4.78, 5) is 22.6. The second-order valence-electron chi connectivity index (χ2n) is 5.73. The van der Waals surface area contributed by atoms with Crippen molar-refractivity contribution in [2.75, 3.05) is 5.32 Å². The molecule has 114 valence electrons. The Kier molecular flexibility index (Phi) is 4.63. The summed E-state index contributed by atoms with van der Waals surface area (Å²) in [6.45, 7) is 2.09. The number of benzene rings is 1. The zero-order valence-electron chi connectivity index (χ0n) is 11.8. The van der Waals surface area contributed by atoms with Crippen LogP contribution in [0.2, 0.25) is 0 Å². The zero-order valence-corrected chi connectivity index (χ0v) is 13.4. The molecule has 6 nitrogen and oxygen atoms in total. The summed E-state index contributed by atoms with van der Waals surface area (Å²) < 4.78 is 0.470. The van der Waals surface area contributed by atoms with Gasteiger partial charge in [-0.2, -0.15) is 0 Å². The molecule has 2 atom stereocenters. The number of nitrogens with zero attached hydrogens (tertiary/aromatic N) is 1. The molecule has 21 heavy (non-hydrogen) atoms. The van der Waals surface area contributed by atoms with Crippen LogP contribution in [0.15, 0.2) is 22.7 Å². The predicted octanol–water partition coefficient (Wildman–Crippen LogP) is 3.20. The molecule has 1 fully saturated rings. The molecule has 0 spiro atoms. The van der Waals surface area contributed by atoms with Crippen LogP contribution in [-0.2, 0) is 4.79 Å². The van der Waals surface area contributed by atoms with Crippen LogP contribution in [-0.4, -0.2) is 16.4 Å². The van der Waals surface area contributed by atoms with Gasteiger partial charge in [0.25, 0.3) is 5.69 Å². The number of hydrogen-bond acceptors (Lipinski definition) is 4. The van der Waals surface area contributed by atoms with Gasteiger partial charge >= 0.3 is 0 Å². The third-order valence-electron chi connectivity index (χ3n) is 3.90. The first kappa shape index (κ1) is 15.9. The molecule has 0 saturated heterocycles. The third-order valence-corrected chi connectivity index (χ3v) is 4.55. The maximum atomic E-state index is 12.4. The smallest absolute Gasteiger partial charge is 0.270 e. The molecule has 2 unspecified atom stereocenters. The van der Waals surface area contributed by atoms with Crippen molar-refractivity contribution in [3.63, 3.8) is 0 Å². The lowest BCUT2D eigenvalue weighted by molar-refractivity contribution is -0.384. The fourth-order valence-corrected chi connectivity index (χ4v) is 3.23. The van der Waals surface area contributed by atoms with E-state index in [1.165, 1.54) is 18.2 Å². The van der Waals surface area contributed by atoms with Gasteiger partial charge in [0.05, 0.1) is 16.1 Å². The van der Waals surface area contributed by atoms with E-state index in [0.717, 1.165) is 12.8 Å². The molecule has 3 N–H and O–H groups in total. The second kappa shape index (κ2) is 6.11. The molecule has 0 heterocycles. The summed E-state index contributed by atoms with van der Waals surface area (Å²) in [5.41, 5.74) is 5.83. The Bertz CT molecular complexity index is 579. The van der Waals surface area contributed by atoms with E-state index < -0.39 is 10.5 Å². The van der Waals surface area contributed by atoms with Gasteiger partial charge in [0.2, 0.25) is 5.91 Å². The van der Waals surface area contributed by atoms with Crippen molar-refractivity contribution in [1.82, 2.24) is 0 Å². The largest absolute Gasteiger partial charge is 0.323 e. The summed E-state index contributed by atoms with van der Waals surface area (Å²) in [7, 11) is 0. The first-order valence-electron chi connectivity index (χ1n) is 6.86. The number of non-ortho nitro benzene ring substituents is 1. The number of nitrogens with one attached hydrogen (secondary N) is 1. The molecule has 1 aliphatic rings. The number of nitrogens with two attached hydrogens (primary N) is 1. The van der Waals surface area contributed by atoms with E-state index in [-0.39, 0.29) is 11.6 Å². The lowest BCUT2D eigenvalue weighted by atomic mass is 9.76. The lowest BCUT2D eigenvalue weighted by Gasteiger charge is -2.35. The average Bonchev–Trinajstić information content (AvgIpc) is 2.40. The van der Waals surface area contributed by atoms with Gasteiger partial charge in [-0.05, 0) is 40.8 Å². The van der Waals surface area contributed by atoms with Crippen LogP contribution in [0.5, 0.6) is 0 Å². The number of nitro benzene ring substituents is 1. The number of hydrogen-bond donors (Lipinski definition) is 2. The molecule has 1 aromatic rings. The molecule has 0 aliphatic heterocycles. The van der Waals surface area contributed by atoms with Crippen LogP contribution in [0.4, 0.5) is 11.4 Å². The fraction of sp³-hybridized carbons (Fsp3) is 0.500. The lowest BCUT2D eigenvalue weighted by Crippen LogP contribution is -2.53. The van der Waals surface area contributed by atoms with E-state index in [0.29, 0.717) is 28.9 Å². The number of rotatable bonds is 3. The first-order valence-corrected chi connectivity index (χ1v) is 7.65. The molecule has 1 saturated carbocycles. The second-order valence-corrected chi connectivity index (χ2v) is 6.59. The minimum absolute atomic E-state index is 0.0337. The standard InChI is InChI=1S/C14H18BrN3O3/c1-9-3-2-6-14(16,8-9)13(19)17-12-5-4-10(18(20)21)7-11(12)15/h4-5,7,9H,2-3,6,8,16H2,1H3,(H,17,19). The highest BCUT2D eigenvalue weighted by Crippen LogP contribution is 2.33. The summed E-state index contributed by atoms with van der Waals surface area (Å²) in [5, 5.41) is 13.5. The highest BCUT2D eigenvalue weighted by atomic mass is 79.9. The minimum Gasteiger partial charge on any atom is -0.323 e. The van der Waals surface area contributed by atoms with E-state index in [1.807, 2.05) is 0 Å². The molecule has 1 amide bonds. The van der Waals surface area contributed by atoms with E-state index >= 15 is 0 Å². The zero-order chi connectivity index (χ0) is 15.6. The van der Waals surface area contributed by atoms with Gasteiger partial charge in [0, 0.05) is 16.6 Å². The molecule has 0 bridgehead atoms. The number of anilines is 1. The van der Waals surface area contributed by atoms with Gasteiger partial charge in [-0.25, -0.2) is 0 Å². The van der Waals surface area contributed by atoms with Crippen molar-refractivity contribution in [3.05, 3.63) is 32.8 Å². The SMILES string of the molecule is CC1CCCC(N)(C(=O)Nc2ccc([N+](=O)[O-])cc2Br)C1.